The molecule has 1 N–H and O–H groups in total. The first-order chi connectivity index (χ1) is 8.90. The number of nitrogens with zero attached hydrogens (tertiary/aromatic N) is 3. The standard InChI is InChI=1S/C12H9F3N4/c1-19-5-4-11(18-19)17-10-3-2-9(12(13,14)15)6-8(10)7-16/h2-6H,1H3,(H,17,18). The fraction of sp³-hybridized carbons (Fsp3) is 0.167. The van der Waals surface area contributed by atoms with E-state index in [0.717, 1.165) is 12.1 Å². The van der Waals surface area contributed by atoms with Gasteiger partial charge in [0.25, 0.3) is 0 Å². The van der Waals surface area contributed by atoms with Crippen LogP contribution in [-0.4, -0.2) is 9.78 Å². The molecule has 0 atom stereocenters. The van der Waals surface area contributed by atoms with E-state index < -0.39 is 11.7 Å². The number of nitriles is 1. The Morgan fingerprint density at radius 2 is 2.05 bits per heavy atom. The predicted molar refractivity (Wildman–Crippen MR) is 62.6 cm³/mol. The number of aryl methyl sites for hydroxylation is 1. The van der Waals surface area contributed by atoms with Crippen LogP contribution in [-0.2, 0) is 13.2 Å². The third kappa shape index (κ3) is 2.85. The van der Waals surface area contributed by atoms with Gasteiger partial charge in [0.15, 0.2) is 5.82 Å². The molecule has 1 heterocycles. The van der Waals surface area contributed by atoms with E-state index >= 15 is 0 Å². The molecule has 1 aromatic heterocycles. The number of benzene rings is 1. The van der Waals surface area contributed by atoms with Gasteiger partial charge < -0.3 is 5.32 Å². The van der Waals surface area contributed by atoms with E-state index in [-0.39, 0.29) is 11.3 Å². The zero-order valence-electron chi connectivity index (χ0n) is 9.86. The van der Waals surface area contributed by atoms with Crippen LogP contribution in [0, 0.1) is 11.3 Å². The zero-order valence-corrected chi connectivity index (χ0v) is 9.86. The third-order valence-corrected chi connectivity index (χ3v) is 2.44. The van der Waals surface area contributed by atoms with Gasteiger partial charge in [0.1, 0.15) is 6.07 Å². The lowest BCUT2D eigenvalue weighted by Crippen LogP contribution is -2.06. The number of rotatable bonds is 2. The van der Waals surface area contributed by atoms with Crippen molar-refractivity contribution in [1.29, 1.82) is 5.26 Å². The second kappa shape index (κ2) is 4.65. The Morgan fingerprint density at radius 3 is 2.58 bits per heavy atom. The summed E-state index contributed by atoms with van der Waals surface area (Å²) in [6, 6.07) is 6.34. The van der Waals surface area contributed by atoms with Gasteiger partial charge >= 0.3 is 6.18 Å². The molecule has 0 spiro atoms. The molecule has 0 saturated heterocycles. The third-order valence-electron chi connectivity index (χ3n) is 2.44. The van der Waals surface area contributed by atoms with Crippen molar-refractivity contribution in [3.63, 3.8) is 0 Å². The molecular weight excluding hydrogens is 257 g/mol. The summed E-state index contributed by atoms with van der Waals surface area (Å²) in [7, 11) is 1.71. The predicted octanol–water partition coefficient (Wildman–Crippen LogP) is 3.05. The average Bonchev–Trinajstić information content (AvgIpc) is 2.74. The summed E-state index contributed by atoms with van der Waals surface area (Å²) in [6.45, 7) is 0. The molecular formula is C12H9F3N4. The van der Waals surface area contributed by atoms with E-state index in [9.17, 15) is 13.2 Å². The molecule has 0 fully saturated rings. The van der Waals surface area contributed by atoms with Crippen LogP contribution < -0.4 is 5.32 Å². The van der Waals surface area contributed by atoms with Crippen molar-refractivity contribution in [2.45, 2.75) is 6.18 Å². The van der Waals surface area contributed by atoms with Crippen LogP contribution in [0.5, 0.6) is 0 Å². The fourth-order valence-electron chi connectivity index (χ4n) is 1.54. The van der Waals surface area contributed by atoms with Crippen LogP contribution in [0.15, 0.2) is 30.5 Å². The quantitative estimate of drug-likeness (QED) is 0.908. The van der Waals surface area contributed by atoms with E-state index in [1.807, 2.05) is 0 Å². The summed E-state index contributed by atoms with van der Waals surface area (Å²) >= 11 is 0. The topological polar surface area (TPSA) is 53.6 Å². The SMILES string of the molecule is Cn1ccc(Nc2ccc(C(F)(F)F)cc2C#N)n1. The lowest BCUT2D eigenvalue weighted by molar-refractivity contribution is -0.137. The molecule has 0 aliphatic carbocycles. The highest BCUT2D eigenvalue weighted by Crippen LogP contribution is 2.32. The summed E-state index contributed by atoms with van der Waals surface area (Å²) in [5.74, 6) is 0.457. The maximum Gasteiger partial charge on any atom is 0.416 e. The summed E-state index contributed by atoms with van der Waals surface area (Å²) in [6.07, 6.45) is -2.78. The Bertz CT molecular complexity index is 637. The van der Waals surface area contributed by atoms with E-state index in [1.165, 1.54) is 6.07 Å². The fourth-order valence-corrected chi connectivity index (χ4v) is 1.54. The molecule has 2 rings (SSSR count). The highest BCUT2D eigenvalue weighted by molar-refractivity contribution is 5.65. The maximum absolute atomic E-state index is 12.5. The van der Waals surface area contributed by atoms with Crippen LogP contribution in [0.2, 0.25) is 0 Å². The van der Waals surface area contributed by atoms with E-state index in [0.29, 0.717) is 5.82 Å². The van der Waals surface area contributed by atoms with Gasteiger partial charge in [0.2, 0.25) is 0 Å². The lowest BCUT2D eigenvalue weighted by Gasteiger charge is -2.10. The van der Waals surface area contributed by atoms with E-state index in [1.54, 1.807) is 30.1 Å². The van der Waals surface area contributed by atoms with Gasteiger partial charge in [-0.1, -0.05) is 0 Å². The first-order valence-corrected chi connectivity index (χ1v) is 5.28. The molecule has 4 nitrogen and oxygen atoms in total. The van der Waals surface area contributed by atoms with Gasteiger partial charge in [-0.2, -0.15) is 23.5 Å². The number of aromatic nitrogens is 2. The first kappa shape index (κ1) is 13.0. The molecule has 7 heteroatoms. The van der Waals surface area contributed by atoms with Crippen molar-refractivity contribution in [2.24, 2.45) is 7.05 Å². The molecule has 0 aliphatic rings. The van der Waals surface area contributed by atoms with Gasteiger partial charge in [-0.05, 0) is 18.2 Å². The second-order valence-corrected chi connectivity index (χ2v) is 3.87. The first-order valence-electron chi connectivity index (χ1n) is 5.28. The highest BCUT2D eigenvalue weighted by Gasteiger charge is 2.31. The Hall–Kier alpha value is -2.49. The summed E-state index contributed by atoms with van der Waals surface area (Å²) in [5.41, 5.74) is -0.648. The van der Waals surface area contributed by atoms with Crippen molar-refractivity contribution in [2.75, 3.05) is 5.32 Å². The summed E-state index contributed by atoms with van der Waals surface area (Å²) in [4.78, 5) is 0. The van der Waals surface area contributed by atoms with Crippen LogP contribution in [0.1, 0.15) is 11.1 Å². The molecule has 0 radical (unpaired) electrons. The Labute approximate surface area is 107 Å². The Morgan fingerprint density at radius 1 is 1.32 bits per heavy atom. The molecule has 0 saturated carbocycles. The number of halogens is 3. The normalized spacial score (nSPS) is 11.1. The Kier molecular flexibility index (Phi) is 3.17. The molecule has 1 aromatic carbocycles. The highest BCUT2D eigenvalue weighted by atomic mass is 19.4. The number of anilines is 2. The summed E-state index contributed by atoms with van der Waals surface area (Å²) in [5, 5.41) is 15.7. The molecule has 19 heavy (non-hydrogen) atoms. The molecule has 0 aliphatic heterocycles. The smallest absolute Gasteiger partial charge is 0.338 e. The molecule has 2 aromatic rings. The average molecular weight is 266 g/mol. The largest absolute Gasteiger partial charge is 0.416 e. The monoisotopic (exact) mass is 266 g/mol. The lowest BCUT2D eigenvalue weighted by atomic mass is 10.1. The molecule has 0 unspecified atom stereocenters. The van der Waals surface area contributed by atoms with Crippen LogP contribution in [0.3, 0.4) is 0 Å². The van der Waals surface area contributed by atoms with Gasteiger partial charge in [-0.3, -0.25) is 4.68 Å². The second-order valence-electron chi connectivity index (χ2n) is 3.87. The Balaban J connectivity index is 2.34. The van der Waals surface area contributed by atoms with Crippen molar-refractivity contribution in [3.8, 4) is 6.07 Å². The van der Waals surface area contributed by atoms with E-state index in [2.05, 4.69) is 10.4 Å². The number of hydrogen-bond donors (Lipinski definition) is 1. The van der Waals surface area contributed by atoms with Gasteiger partial charge in [0.05, 0.1) is 16.8 Å². The van der Waals surface area contributed by atoms with Crippen molar-refractivity contribution in [1.82, 2.24) is 9.78 Å². The maximum atomic E-state index is 12.5. The van der Waals surface area contributed by atoms with Crippen LogP contribution in [0.4, 0.5) is 24.7 Å². The molecule has 0 amide bonds. The number of hydrogen-bond acceptors (Lipinski definition) is 3. The molecule has 98 valence electrons. The van der Waals surface area contributed by atoms with Crippen molar-refractivity contribution in [3.05, 3.63) is 41.6 Å². The minimum Gasteiger partial charge on any atom is -0.338 e. The van der Waals surface area contributed by atoms with Crippen molar-refractivity contribution < 1.29 is 13.2 Å². The van der Waals surface area contributed by atoms with Crippen LogP contribution in [0.25, 0.3) is 0 Å². The summed E-state index contributed by atoms with van der Waals surface area (Å²) < 4.78 is 39.1. The van der Waals surface area contributed by atoms with Crippen molar-refractivity contribution >= 4 is 11.5 Å². The molecule has 0 bridgehead atoms. The minimum absolute atomic E-state index is 0.0829. The zero-order chi connectivity index (χ0) is 14.0. The van der Waals surface area contributed by atoms with E-state index in [4.69, 9.17) is 5.26 Å². The van der Waals surface area contributed by atoms with Crippen LogP contribution >= 0.6 is 0 Å². The van der Waals surface area contributed by atoms with Gasteiger partial charge in [-0.25, -0.2) is 0 Å². The number of nitrogens with one attached hydrogen (secondary N) is 1. The van der Waals surface area contributed by atoms with Gasteiger partial charge in [-0.15, -0.1) is 0 Å². The van der Waals surface area contributed by atoms with Gasteiger partial charge in [0, 0.05) is 19.3 Å². The number of alkyl halides is 3. The minimum atomic E-state index is -4.46.